The van der Waals surface area contributed by atoms with Gasteiger partial charge in [-0.3, -0.25) is 4.79 Å². The Morgan fingerprint density at radius 2 is 2.10 bits per heavy atom. The second kappa shape index (κ2) is 7.40. The fraction of sp³-hybridized carbons (Fsp3) is 0.471. The number of rotatable bonds is 8. The van der Waals surface area contributed by atoms with Gasteiger partial charge < -0.3 is 9.84 Å². The molecule has 0 saturated carbocycles. The Morgan fingerprint density at radius 3 is 2.62 bits per heavy atom. The van der Waals surface area contributed by atoms with E-state index in [9.17, 15) is 9.90 Å². The lowest BCUT2D eigenvalue weighted by atomic mass is 9.78. The van der Waals surface area contributed by atoms with Crippen molar-refractivity contribution in [3.8, 4) is 0 Å². The van der Waals surface area contributed by atoms with Gasteiger partial charge in [0.25, 0.3) is 0 Å². The second-order valence-electron chi connectivity index (χ2n) is 5.91. The summed E-state index contributed by atoms with van der Waals surface area (Å²) in [6.45, 7) is 9.90. The van der Waals surface area contributed by atoms with Crippen LogP contribution >= 0.6 is 22.6 Å². The van der Waals surface area contributed by atoms with Crippen LogP contribution in [0.15, 0.2) is 36.9 Å². The van der Waals surface area contributed by atoms with Crippen LogP contribution in [0.25, 0.3) is 0 Å². The highest BCUT2D eigenvalue weighted by atomic mass is 127. The molecule has 1 aromatic carbocycles. The predicted molar refractivity (Wildman–Crippen MR) is 93.6 cm³/mol. The van der Waals surface area contributed by atoms with Crippen LogP contribution in [-0.4, -0.2) is 23.3 Å². The van der Waals surface area contributed by atoms with Gasteiger partial charge in [0.1, 0.15) is 0 Å². The van der Waals surface area contributed by atoms with E-state index in [-0.39, 0.29) is 5.60 Å². The summed E-state index contributed by atoms with van der Waals surface area (Å²) in [6, 6.07) is 7.67. The molecule has 0 radical (unpaired) electrons. The van der Waals surface area contributed by atoms with Crippen LogP contribution in [0.3, 0.4) is 0 Å². The Hall–Kier alpha value is -0.880. The number of hydrogen-bond acceptors (Lipinski definition) is 2. The summed E-state index contributed by atoms with van der Waals surface area (Å²) in [5.74, 6) is -0.799. The lowest BCUT2D eigenvalue weighted by Crippen LogP contribution is -2.33. The number of hydrogen-bond donors (Lipinski definition) is 1. The van der Waals surface area contributed by atoms with E-state index in [0.717, 1.165) is 9.13 Å². The lowest BCUT2D eigenvalue weighted by Gasteiger charge is -2.27. The highest BCUT2D eigenvalue weighted by Gasteiger charge is 2.34. The van der Waals surface area contributed by atoms with Crippen LogP contribution in [0.2, 0.25) is 0 Å². The first-order valence-electron chi connectivity index (χ1n) is 6.98. The van der Waals surface area contributed by atoms with Crippen molar-refractivity contribution in [1.82, 2.24) is 0 Å². The van der Waals surface area contributed by atoms with Crippen molar-refractivity contribution in [2.75, 3.05) is 6.61 Å². The molecule has 0 aromatic heterocycles. The van der Waals surface area contributed by atoms with Gasteiger partial charge in [-0.05, 0) is 73.9 Å². The maximum Gasteiger partial charge on any atom is 0.313 e. The summed E-state index contributed by atoms with van der Waals surface area (Å²) < 4.78 is 6.74. The van der Waals surface area contributed by atoms with Gasteiger partial charge in [-0.15, -0.1) is 6.58 Å². The van der Waals surface area contributed by atoms with Crippen LogP contribution in [0.4, 0.5) is 0 Å². The van der Waals surface area contributed by atoms with E-state index < -0.39 is 11.4 Å². The molecule has 1 atom stereocenters. The van der Waals surface area contributed by atoms with Crippen molar-refractivity contribution in [3.05, 3.63) is 46.1 Å². The van der Waals surface area contributed by atoms with E-state index in [0.29, 0.717) is 19.4 Å². The average Bonchev–Trinajstić information content (AvgIpc) is 2.43. The molecule has 0 aliphatic rings. The molecule has 1 N–H and O–H groups in total. The van der Waals surface area contributed by atoms with Gasteiger partial charge in [-0.1, -0.05) is 18.2 Å². The molecule has 0 heterocycles. The van der Waals surface area contributed by atoms with Crippen LogP contribution in [-0.2, 0) is 14.9 Å². The second-order valence-corrected chi connectivity index (χ2v) is 7.15. The monoisotopic (exact) mass is 402 g/mol. The zero-order valence-electron chi connectivity index (χ0n) is 12.9. The third kappa shape index (κ3) is 5.11. The molecule has 1 unspecified atom stereocenters. The molecule has 0 bridgehead atoms. The molecule has 4 heteroatoms. The molecule has 0 aliphatic carbocycles. The number of halogens is 1. The minimum Gasteiger partial charge on any atom is -0.481 e. The van der Waals surface area contributed by atoms with E-state index in [1.807, 2.05) is 38.1 Å². The van der Waals surface area contributed by atoms with Crippen molar-refractivity contribution in [3.63, 3.8) is 0 Å². The van der Waals surface area contributed by atoms with E-state index in [4.69, 9.17) is 4.74 Å². The van der Waals surface area contributed by atoms with E-state index in [1.54, 1.807) is 13.0 Å². The molecular formula is C17H23IO3. The zero-order valence-corrected chi connectivity index (χ0v) is 15.0. The van der Waals surface area contributed by atoms with Gasteiger partial charge in [0.15, 0.2) is 0 Å². The summed E-state index contributed by atoms with van der Waals surface area (Å²) in [5.41, 5.74) is -0.421. The number of carbonyl (C=O) groups is 1. The molecule has 21 heavy (non-hydrogen) atoms. The summed E-state index contributed by atoms with van der Waals surface area (Å²) in [5, 5.41) is 9.62. The largest absolute Gasteiger partial charge is 0.481 e. The van der Waals surface area contributed by atoms with Gasteiger partial charge in [0.2, 0.25) is 0 Å². The third-order valence-electron chi connectivity index (χ3n) is 3.72. The van der Waals surface area contributed by atoms with Crippen LogP contribution in [0.5, 0.6) is 0 Å². The highest BCUT2D eigenvalue weighted by Crippen LogP contribution is 2.30. The standard InChI is InChI=1S/C17H23IO3/c1-5-16(2,3)21-11-7-10-17(4,15(19)20)13-8-6-9-14(18)12-13/h5-6,8-9,12H,1,7,10-11H2,2-4H3,(H,19,20). The van der Waals surface area contributed by atoms with Crippen LogP contribution in [0, 0.1) is 3.57 Å². The molecule has 1 rings (SSSR count). The lowest BCUT2D eigenvalue weighted by molar-refractivity contribution is -0.143. The molecule has 0 amide bonds. The van der Waals surface area contributed by atoms with Crippen molar-refractivity contribution in [2.45, 2.75) is 44.6 Å². The topological polar surface area (TPSA) is 46.5 Å². The van der Waals surface area contributed by atoms with E-state index >= 15 is 0 Å². The Kier molecular flexibility index (Phi) is 6.41. The van der Waals surface area contributed by atoms with Crippen molar-refractivity contribution in [2.24, 2.45) is 0 Å². The van der Waals surface area contributed by atoms with Gasteiger partial charge in [-0.2, -0.15) is 0 Å². The first-order valence-corrected chi connectivity index (χ1v) is 8.06. The number of aliphatic carboxylic acids is 1. The highest BCUT2D eigenvalue weighted by molar-refractivity contribution is 14.1. The molecule has 0 saturated heterocycles. The maximum atomic E-state index is 11.7. The van der Waals surface area contributed by atoms with Gasteiger partial charge in [0, 0.05) is 10.2 Å². The first kappa shape index (κ1) is 18.2. The van der Waals surface area contributed by atoms with Gasteiger partial charge >= 0.3 is 5.97 Å². The van der Waals surface area contributed by atoms with Crippen LogP contribution < -0.4 is 0 Å². The minimum absolute atomic E-state index is 0.373. The predicted octanol–water partition coefficient (Wildman–Crippen LogP) is 4.39. The van der Waals surface area contributed by atoms with Crippen molar-refractivity contribution in [1.29, 1.82) is 0 Å². The van der Waals surface area contributed by atoms with Gasteiger partial charge in [0.05, 0.1) is 11.0 Å². The Labute approximate surface area is 140 Å². The fourth-order valence-corrected chi connectivity index (χ4v) is 2.57. The van der Waals surface area contributed by atoms with E-state index in [2.05, 4.69) is 29.2 Å². The SMILES string of the molecule is C=CC(C)(C)OCCCC(C)(C(=O)O)c1cccc(I)c1. The zero-order chi connectivity index (χ0) is 16.1. The average molecular weight is 402 g/mol. The fourth-order valence-electron chi connectivity index (χ4n) is 2.03. The number of ether oxygens (including phenoxy) is 1. The smallest absolute Gasteiger partial charge is 0.313 e. The molecule has 1 aromatic rings. The third-order valence-corrected chi connectivity index (χ3v) is 4.39. The molecule has 0 spiro atoms. The Morgan fingerprint density at radius 1 is 1.43 bits per heavy atom. The Bertz CT molecular complexity index is 511. The molecule has 116 valence electrons. The molecular weight excluding hydrogens is 379 g/mol. The van der Waals surface area contributed by atoms with Crippen molar-refractivity contribution >= 4 is 28.6 Å². The number of carboxylic acid groups (broad SMARTS) is 1. The quantitative estimate of drug-likeness (QED) is 0.399. The van der Waals surface area contributed by atoms with Crippen LogP contribution in [0.1, 0.15) is 39.2 Å². The summed E-state index contributed by atoms with van der Waals surface area (Å²) in [6.07, 6.45) is 2.98. The number of carboxylic acids is 1. The minimum atomic E-state index is -0.886. The summed E-state index contributed by atoms with van der Waals surface area (Å²) >= 11 is 2.20. The van der Waals surface area contributed by atoms with Crippen molar-refractivity contribution < 1.29 is 14.6 Å². The number of benzene rings is 1. The first-order chi connectivity index (χ1) is 9.71. The Balaban J connectivity index is 2.74. The maximum absolute atomic E-state index is 11.7. The molecule has 0 fully saturated rings. The normalized spacial score (nSPS) is 14.5. The molecule has 3 nitrogen and oxygen atoms in total. The summed E-state index contributed by atoms with van der Waals surface area (Å²) in [4.78, 5) is 11.7. The summed E-state index contributed by atoms with van der Waals surface area (Å²) in [7, 11) is 0. The van der Waals surface area contributed by atoms with Gasteiger partial charge in [-0.25, -0.2) is 0 Å². The van der Waals surface area contributed by atoms with E-state index in [1.165, 1.54) is 0 Å². The molecule has 0 aliphatic heterocycles.